The molecule has 2 bridgehead atoms. The van der Waals surface area contributed by atoms with E-state index in [0.29, 0.717) is 13.0 Å². The molecule has 7 heteroatoms. The Labute approximate surface area is 164 Å². The van der Waals surface area contributed by atoms with Crippen molar-refractivity contribution in [2.75, 3.05) is 27.9 Å². The van der Waals surface area contributed by atoms with E-state index in [2.05, 4.69) is 31.9 Å². The zero-order chi connectivity index (χ0) is 18.5. The molecule has 2 saturated carbocycles. The van der Waals surface area contributed by atoms with Crippen LogP contribution in [0.2, 0.25) is 0 Å². The van der Waals surface area contributed by atoms with Gasteiger partial charge in [-0.1, -0.05) is 62.2 Å². The number of fused-ring (bicyclic) bond motifs is 2. The Balaban J connectivity index is 2.27. The summed E-state index contributed by atoms with van der Waals surface area (Å²) in [5.74, 6) is -3.24. The number of hydrogen-bond donors (Lipinski definition) is 0. The van der Waals surface area contributed by atoms with Crippen molar-refractivity contribution in [3.05, 3.63) is 35.9 Å². The maximum Gasteiger partial charge on any atom is 0.251 e. The number of hydrogen-bond acceptors (Lipinski definition) is 5. The summed E-state index contributed by atoms with van der Waals surface area (Å²) in [5.41, 5.74) is 1.02. The van der Waals surface area contributed by atoms with E-state index in [4.69, 9.17) is 18.9 Å². The molecular weight excluding hydrogens is 456 g/mol. The van der Waals surface area contributed by atoms with Gasteiger partial charge in [-0.25, -0.2) is 0 Å². The molecule has 138 valence electrons. The lowest BCUT2D eigenvalue weighted by atomic mass is 9.79. The number of alkyl halides is 2. The summed E-state index contributed by atoms with van der Waals surface area (Å²) < 4.78 is 21.1. The van der Waals surface area contributed by atoms with Crippen molar-refractivity contribution in [2.45, 2.75) is 39.5 Å². The van der Waals surface area contributed by atoms with E-state index in [1.807, 2.05) is 37.3 Å². The molecule has 2 aliphatic rings. The van der Waals surface area contributed by atoms with Gasteiger partial charge in [0.05, 0.1) is 0 Å². The maximum atomic E-state index is 13.7. The van der Waals surface area contributed by atoms with Crippen LogP contribution in [0.3, 0.4) is 0 Å². The summed E-state index contributed by atoms with van der Waals surface area (Å²) in [6.45, 7) is 2.14. The fraction of sp³-hybridized carbons (Fsp3) is 0.611. The molecule has 0 aromatic heterocycles. The molecule has 25 heavy (non-hydrogen) atoms. The first kappa shape index (κ1) is 19.5. The van der Waals surface area contributed by atoms with Crippen LogP contribution >= 0.6 is 31.9 Å². The van der Waals surface area contributed by atoms with Crippen molar-refractivity contribution in [1.29, 1.82) is 0 Å². The second-order valence-corrected chi connectivity index (χ2v) is 8.89. The van der Waals surface area contributed by atoms with Crippen LogP contribution in [0.1, 0.15) is 24.8 Å². The smallest absolute Gasteiger partial charge is 0.251 e. The quantitative estimate of drug-likeness (QED) is 0.464. The Bertz CT molecular complexity index is 665. The van der Waals surface area contributed by atoms with Gasteiger partial charge >= 0.3 is 0 Å². The highest BCUT2D eigenvalue weighted by molar-refractivity contribution is 9.11. The minimum atomic E-state index is -1.51. The minimum absolute atomic E-state index is 0.177. The molecular formula is C18H22Br2O5. The van der Waals surface area contributed by atoms with Crippen LogP contribution in [0.15, 0.2) is 30.3 Å². The van der Waals surface area contributed by atoms with E-state index in [0.717, 1.165) is 5.56 Å². The number of methoxy groups -OCH3 is 3. The fourth-order valence-electron chi connectivity index (χ4n) is 4.59. The molecule has 0 amide bonds. The third-order valence-corrected chi connectivity index (χ3v) is 8.33. The number of rotatable bonds is 6. The van der Waals surface area contributed by atoms with Crippen LogP contribution in [0.4, 0.5) is 0 Å². The van der Waals surface area contributed by atoms with Gasteiger partial charge in [0.2, 0.25) is 11.6 Å². The van der Waals surface area contributed by atoms with Gasteiger partial charge in [-0.05, 0) is 18.9 Å². The van der Waals surface area contributed by atoms with Gasteiger partial charge in [-0.3, -0.25) is 4.79 Å². The number of halogens is 2. The molecule has 0 unspecified atom stereocenters. The standard InChI is InChI=1S/C18H22Br2O5/c1-5-25-17(22-2)14(21)16(20)13(12-9-7-6-8-10-12)11-15(17,19)18(16,23-3)24-4/h6-10,13H,5,11H2,1-4H3/t13-,15-,16+,17+/m0/s1. The van der Waals surface area contributed by atoms with Gasteiger partial charge in [0.25, 0.3) is 5.79 Å². The highest BCUT2D eigenvalue weighted by Gasteiger charge is 2.91. The molecule has 3 rings (SSSR count). The first-order chi connectivity index (χ1) is 11.8. The zero-order valence-electron chi connectivity index (χ0n) is 14.7. The Hall–Kier alpha value is -0.310. The van der Waals surface area contributed by atoms with Crippen LogP contribution in [0.25, 0.3) is 0 Å². The topological polar surface area (TPSA) is 54.0 Å². The lowest BCUT2D eigenvalue weighted by Gasteiger charge is -2.44. The van der Waals surface area contributed by atoms with Crippen molar-refractivity contribution < 1.29 is 23.7 Å². The lowest BCUT2D eigenvalue weighted by molar-refractivity contribution is -0.271. The average molecular weight is 478 g/mol. The molecule has 5 nitrogen and oxygen atoms in total. The fourth-order valence-corrected chi connectivity index (χ4v) is 7.62. The molecule has 0 spiro atoms. The molecule has 4 atom stereocenters. The molecule has 1 aromatic rings. The third-order valence-electron chi connectivity index (χ3n) is 5.53. The van der Waals surface area contributed by atoms with E-state index < -0.39 is 20.2 Å². The van der Waals surface area contributed by atoms with Crippen LogP contribution < -0.4 is 0 Å². The first-order valence-corrected chi connectivity index (χ1v) is 9.70. The van der Waals surface area contributed by atoms with Gasteiger partial charge in [0.15, 0.2) is 4.32 Å². The molecule has 1 aromatic carbocycles. The molecule has 0 heterocycles. The minimum Gasteiger partial charge on any atom is -0.350 e. The highest BCUT2D eigenvalue weighted by Crippen LogP contribution is 2.74. The van der Waals surface area contributed by atoms with E-state index >= 15 is 0 Å². The van der Waals surface area contributed by atoms with Crippen molar-refractivity contribution in [3.63, 3.8) is 0 Å². The number of Topliss-reactive ketones (excluding diaryl/α,β-unsaturated/α-hetero) is 1. The average Bonchev–Trinajstić information content (AvgIpc) is 2.91. The SMILES string of the molecule is CCO[C@]1(OC)C(=O)[C@]2(Br)[C@H](c3ccccc3)C[C@@]1(Br)C2(OC)OC. The summed E-state index contributed by atoms with van der Waals surface area (Å²) in [7, 11) is 4.54. The van der Waals surface area contributed by atoms with Crippen LogP contribution in [0, 0.1) is 0 Å². The molecule has 0 aliphatic heterocycles. The largest absolute Gasteiger partial charge is 0.350 e. The number of ether oxygens (including phenoxy) is 4. The monoisotopic (exact) mass is 476 g/mol. The summed E-state index contributed by atoms with van der Waals surface area (Å²) in [5, 5.41) is 0. The Morgan fingerprint density at radius 1 is 1.08 bits per heavy atom. The molecule has 0 N–H and O–H groups in total. The van der Waals surface area contributed by atoms with Gasteiger partial charge in [0, 0.05) is 33.9 Å². The number of benzene rings is 1. The lowest BCUT2D eigenvalue weighted by Crippen LogP contribution is -2.61. The van der Waals surface area contributed by atoms with Gasteiger partial charge in [0.1, 0.15) is 4.32 Å². The number of carbonyl (C=O) groups is 1. The normalized spacial score (nSPS) is 39.1. The van der Waals surface area contributed by atoms with Crippen LogP contribution in [-0.2, 0) is 23.7 Å². The second kappa shape index (κ2) is 6.39. The van der Waals surface area contributed by atoms with Crippen LogP contribution in [0.5, 0.6) is 0 Å². The molecule has 0 saturated heterocycles. The van der Waals surface area contributed by atoms with Crippen molar-refractivity contribution in [1.82, 2.24) is 0 Å². The zero-order valence-corrected chi connectivity index (χ0v) is 17.8. The summed E-state index contributed by atoms with van der Waals surface area (Å²) >= 11 is 7.51. The Morgan fingerprint density at radius 3 is 2.16 bits per heavy atom. The van der Waals surface area contributed by atoms with E-state index in [-0.39, 0.29) is 11.7 Å². The van der Waals surface area contributed by atoms with Gasteiger partial charge < -0.3 is 18.9 Å². The molecule has 2 fully saturated rings. The number of ketones is 1. The van der Waals surface area contributed by atoms with Crippen molar-refractivity contribution in [3.8, 4) is 0 Å². The Morgan fingerprint density at radius 2 is 1.68 bits per heavy atom. The van der Waals surface area contributed by atoms with E-state index in [1.54, 1.807) is 0 Å². The summed E-state index contributed by atoms with van der Waals surface area (Å²) in [4.78, 5) is 13.7. The van der Waals surface area contributed by atoms with E-state index in [1.165, 1.54) is 21.3 Å². The predicted octanol–water partition coefficient (Wildman–Crippen LogP) is 3.39. The van der Waals surface area contributed by atoms with E-state index in [9.17, 15) is 4.79 Å². The van der Waals surface area contributed by atoms with Crippen molar-refractivity contribution >= 4 is 37.6 Å². The summed E-state index contributed by atoms with van der Waals surface area (Å²) in [6.07, 6.45) is 0.531. The Kier molecular flexibility index (Phi) is 4.97. The first-order valence-electron chi connectivity index (χ1n) is 8.12. The molecule has 0 radical (unpaired) electrons. The maximum absolute atomic E-state index is 13.7. The number of carbonyl (C=O) groups excluding carboxylic acids is 1. The second-order valence-electron chi connectivity index (χ2n) is 6.29. The predicted molar refractivity (Wildman–Crippen MR) is 100 cm³/mol. The third kappa shape index (κ3) is 2.00. The highest BCUT2D eigenvalue weighted by atomic mass is 79.9. The summed E-state index contributed by atoms with van der Waals surface area (Å²) in [6, 6.07) is 9.86. The van der Waals surface area contributed by atoms with Gasteiger partial charge in [-0.2, -0.15) is 0 Å². The van der Waals surface area contributed by atoms with Crippen molar-refractivity contribution in [2.24, 2.45) is 0 Å². The van der Waals surface area contributed by atoms with Crippen LogP contribution in [-0.4, -0.2) is 53.9 Å². The molecule has 2 aliphatic carbocycles. The van der Waals surface area contributed by atoms with Gasteiger partial charge in [-0.15, -0.1) is 0 Å².